The van der Waals surface area contributed by atoms with Crippen LogP contribution in [0.15, 0.2) is 5.16 Å². The van der Waals surface area contributed by atoms with Gasteiger partial charge < -0.3 is 4.84 Å². The van der Waals surface area contributed by atoms with E-state index in [0.717, 1.165) is 5.71 Å². The molecule has 21 heavy (non-hydrogen) atoms. The summed E-state index contributed by atoms with van der Waals surface area (Å²) < 4.78 is 60.3. The van der Waals surface area contributed by atoms with Gasteiger partial charge in [0.25, 0.3) is 0 Å². The maximum Gasteiger partial charge on any atom is 0.390 e. The quantitative estimate of drug-likeness (QED) is 0.727. The fourth-order valence-corrected chi connectivity index (χ4v) is 4.15. The monoisotopic (exact) mass is 326 g/mol. The second-order valence-electron chi connectivity index (χ2n) is 4.96. The summed E-state index contributed by atoms with van der Waals surface area (Å²) in [6.45, 7) is 0. The second kappa shape index (κ2) is 7.11. The number of hydrogen-bond acceptors (Lipinski definition) is 5. The zero-order valence-electron chi connectivity index (χ0n) is 11.6. The van der Waals surface area contributed by atoms with Crippen molar-refractivity contribution in [3.63, 3.8) is 0 Å². The summed E-state index contributed by atoms with van der Waals surface area (Å²) in [5, 5.41) is 11.4. The smallest absolute Gasteiger partial charge is 0.390 e. The molecule has 9 heteroatoms. The van der Waals surface area contributed by atoms with Gasteiger partial charge in [0.05, 0.1) is 24.0 Å². The van der Waals surface area contributed by atoms with E-state index in [9.17, 15) is 21.6 Å². The third-order valence-electron chi connectivity index (χ3n) is 3.44. The first-order chi connectivity index (χ1) is 9.69. The van der Waals surface area contributed by atoms with Crippen molar-refractivity contribution in [2.24, 2.45) is 11.1 Å². The normalized spacial score (nSPS) is 21.5. The summed E-state index contributed by atoms with van der Waals surface area (Å²) in [5.74, 6) is -1.49. The van der Waals surface area contributed by atoms with Crippen molar-refractivity contribution in [2.75, 3.05) is 12.9 Å². The van der Waals surface area contributed by atoms with Crippen LogP contribution in [0.5, 0.6) is 0 Å². The highest BCUT2D eigenvalue weighted by Gasteiger charge is 2.38. The van der Waals surface area contributed by atoms with Crippen LogP contribution < -0.4 is 0 Å². The Morgan fingerprint density at radius 2 is 2.00 bits per heavy atom. The molecule has 1 aliphatic rings. The first-order valence-electron chi connectivity index (χ1n) is 6.46. The highest BCUT2D eigenvalue weighted by molar-refractivity contribution is 7.92. The lowest BCUT2D eigenvalue weighted by Gasteiger charge is -2.26. The number of oxime groups is 1. The molecule has 1 aliphatic carbocycles. The average molecular weight is 326 g/mol. The van der Waals surface area contributed by atoms with Gasteiger partial charge in [0, 0.05) is 0 Å². The Labute approximate surface area is 121 Å². The van der Waals surface area contributed by atoms with Gasteiger partial charge in [-0.25, -0.2) is 8.42 Å². The lowest BCUT2D eigenvalue weighted by atomic mass is 9.86. The molecule has 0 saturated heterocycles. The molecular formula is C12H17F3N2O3S. The van der Waals surface area contributed by atoms with Crippen LogP contribution in [0.1, 0.15) is 32.1 Å². The Morgan fingerprint density at radius 1 is 1.43 bits per heavy atom. The Bertz CT molecular complexity index is 513. The van der Waals surface area contributed by atoms with Crippen LogP contribution in [0.25, 0.3) is 0 Å². The summed E-state index contributed by atoms with van der Waals surface area (Å²) in [6, 6.07) is 1.67. The Kier molecular flexibility index (Phi) is 6.01. The van der Waals surface area contributed by atoms with Crippen molar-refractivity contribution in [1.29, 1.82) is 5.26 Å². The molecule has 0 heterocycles. The number of nitrogens with zero attached hydrogens (tertiary/aromatic N) is 2. The lowest BCUT2D eigenvalue weighted by molar-refractivity contribution is -0.129. The number of sulfone groups is 1. The average Bonchev–Trinajstić information content (AvgIpc) is 2.39. The van der Waals surface area contributed by atoms with Crippen molar-refractivity contribution in [1.82, 2.24) is 0 Å². The third kappa shape index (κ3) is 5.53. The summed E-state index contributed by atoms with van der Waals surface area (Å²) in [7, 11) is -2.69. The molecule has 1 fully saturated rings. The fourth-order valence-electron chi connectivity index (χ4n) is 2.36. The van der Waals surface area contributed by atoms with Gasteiger partial charge in [-0.2, -0.15) is 18.4 Å². The van der Waals surface area contributed by atoms with Crippen molar-refractivity contribution in [3.05, 3.63) is 0 Å². The van der Waals surface area contributed by atoms with E-state index in [-0.39, 0.29) is 0 Å². The largest absolute Gasteiger partial charge is 0.399 e. The Hall–Kier alpha value is -1.30. The maximum absolute atomic E-state index is 12.2. The standard InChI is InChI=1S/C12H17F3N2O3S/c1-20-17-10-4-2-9(3-5-10)11(8-16)21(18,19)7-6-12(13,14)15/h9,11H,2-7H2,1H3. The van der Waals surface area contributed by atoms with Gasteiger partial charge in [-0.3, -0.25) is 0 Å². The Balaban J connectivity index is 2.71. The molecule has 0 radical (unpaired) electrons. The van der Waals surface area contributed by atoms with E-state index in [0.29, 0.717) is 25.7 Å². The molecule has 0 aromatic rings. The number of rotatable bonds is 5. The van der Waals surface area contributed by atoms with Crippen molar-refractivity contribution in [3.8, 4) is 6.07 Å². The molecule has 1 saturated carbocycles. The van der Waals surface area contributed by atoms with Crippen LogP contribution in [0, 0.1) is 17.2 Å². The number of hydrogen-bond donors (Lipinski definition) is 0. The van der Waals surface area contributed by atoms with E-state index < -0.39 is 39.4 Å². The Morgan fingerprint density at radius 3 is 2.43 bits per heavy atom. The molecule has 0 amide bonds. The fraction of sp³-hybridized carbons (Fsp3) is 0.833. The van der Waals surface area contributed by atoms with Crippen molar-refractivity contribution in [2.45, 2.75) is 43.5 Å². The molecule has 0 aromatic heterocycles. The summed E-state index contributed by atoms with van der Waals surface area (Å²) in [5.41, 5.74) is 0.776. The van der Waals surface area contributed by atoms with E-state index in [4.69, 9.17) is 5.26 Å². The third-order valence-corrected chi connectivity index (χ3v) is 5.48. The molecule has 1 rings (SSSR count). The molecule has 1 unspecified atom stereocenters. The topological polar surface area (TPSA) is 79.5 Å². The van der Waals surface area contributed by atoms with Crippen LogP contribution in [0.3, 0.4) is 0 Å². The van der Waals surface area contributed by atoms with Crippen LogP contribution in [-0.2, 0) is 14.7 Å². The van der Waals surface area contributed by atoms with Gasteiger partial charge in [-0.05, 0) is 31.6 Å². The number of nitriles is 1. The van der Waals surface area contributed by atoms with Gasteiger partial charge in [0.15, 0.2) is 15.1 Å². The van der Waals surface area contributed by atoms with Crippen LogP contribution in [-0.4, -0.2) is 38.4 Å². The maximum atomic E-state index is 12.2. The van der Waals surface area contributed by atoms with E-state index >= 15 is 0 Å². The second-order valence-corrected chi connectivity index (χ2v) is 7.20. The molecular weight excluding hydrogens is 309 g/mol. The van der Waals surface area contributed by atoms with Gasteiger partial charge in [-0.1, -0.05) is 5.16 Å². The predicted molar refractivity (Wildman–Crippen MR) is 70.3 cm³/mol. The minimum Gasteiger partial charge on any atom is -0.399 e. The SMILES string of the molecule is CON=C1CCC(C(C#N)S(=O)(=O)CCC(F)(F)F)CC1. The molecule has 0 N–H and O–H groups in total. The lowest BCUT2D eigenvalue weighted by Crippen LogP contribution is -2.34. The highest BCUT2D eigenvalue weighted by atomic mass is 32.2. The predicted octanol–water partition coefficient (Wildman–Crippen LogP) is 2.44. The zero-order valence-corrected chi connectivity index (χ0v) is 12.4. The van der Waals surface area contributed by atoms with Gasteiger partial charge in [0.1, 0.15) is 7.11 Å². The first-order valence-corrected chi connectivity index (χ1v) is 8.18. The summed E-state index contributed by atoms with van der Waals surface area (Å²) in [6.07, 6.45) is -4.16. The van der Waals surface area contributed by atoms with E-state index in [1.165, 1.54) is 7.11 Å². The molecule has 0 aliphatic heterocycles. The van der Waals surface area contributed by atoms with Crippen molar-refractivity contribution < 1.29 is 26.4 Å². The van der Waals surface area contributed by atoms with Gasteiger partial charge >= 0.3 is 6.18 Å². The van der Waals surface area contributed by atoms with Crippen molar-refractivity contribution >= 4 is 15.5 Å². The van der Waals surface area contributed by atoms with E-state index in [2.05, 4.69) is 9.99 Å². The molecule has 0 bridgehead atoms. The minimum absolute atomic E-state index is 0.408. The van der Waals surface area contributed by atoms with E-state index in [1.54, 1.807) is 6.07 Å². The molecule has 0 spiro atoms. The first kappa shape index (κ1) is 17.8. The van der Waals surface area contributed by atoms with E-state index in [1.807, 2.05) is 0 Å². The molecule has 120 valence electrons. The molecule has 5 nitrogen and oxygen atoms in total. The van der Waals surface area contributed by atoms with Crippen LogP contribution in [0.4, 0.5) is 13.2 Å². The highest BCUT2D eigenvalue weighted by Crippen LogP contribution is 2.30. The summed E-state index contributed by atoms with van der Waals surface area (Å²) in [4.78, 5) is 4.63. The number of halogens is 3. The summed E-state index contributed by atoms with van der Waals surface area (Å²) >= 11 is 0. The van der Waals surface area contributed by atoms with Gasteiger partial charge in [-0.15, -0.1) is 0 Å². The van der Waals surface area contributed by atoms with Crippen LogP contribution in [0.2, 0.25) is 0 Å². The van der Waals surface area contributed by atoms with Crippen LogP contribution >= 0.6 is 0 Å². The molecule has 1 atom stereocenters. The van der Waals surface area contributed by atoms with Gasteiger partial charge in [0.2, 0.25) is 0 Å². The molecule has 0 aromatic carbocycles. The minimum atomic E-state index is -4.54. The number of alkyl halides is 3. The zero-order chi connectivity index (χ0) is 16.1.